The molecule has 0 radical (unpaired) electrons. The highest BCUT2D eigenvalue weighted by Gasteiger charge is 2.16. The molecule has 3 rings (SSSR count). The van der Waals surface area contributed by atoms with E-state index in [1.54, 1.807) is 0 Å². The van der Waals surface area contributed by atoms with Gasteiger partial charge in [-0.2, -0.15) is 4.68 Å². The van der Waals surface area contributed by atoms with Crippen LogP contribution in [0, 0.1) is 22.9 Å². The van der Waals surface area contributed by atoms with Crippen LogP contribution in [0.1, 0.15) is 5.56 Å². The highest BCUT2D eigenvalue weighted by atomic mass is 32.2. The molecular formula is C16H13FN6O3S. The summed E-state index contributed by atoms with van der Waals surface area (Å²) >= 11 is 1.06. The molecule has 0 saturated carbocycles. The number of para-hydroxylation sites is 1. The summed E-state index contributed by atoms with van der Waals surface area (Å²) < 4.78 is 15.3. The van der Waals surface area contributed by atoms with Gasteiger partial charge in [-0.3, -0.25) is 14.9 Å². The molecule has 0 aliphatic carbocycles. The highest BCUT2D eigenvalue weighted by Crippen LogP contribution is 2.23. The smallest absolute Gasteiger partial charge is 0.271 e. The topological polar surface area (TPSA) is 116 Å². The van der Waals surface area contributed by atoms with E-state index in [4.69, 9.17) is 0 Å². The van der Waals surface area contributed by atoms with Crippen LogP contribution in [0.25, 0.3) is 5.69 Å². The fourth-order valence-electron chi connectivity index (χ4n) is 2.26. The summed E-state index contributed by atoms with van der Waals surface area (Å²) in [5.41, 5.74) is 1.15. The van der Waals surface area contributed by atoms with Crippen LogP contribution in [-0.4, -0.2) is 36.8 Å². The summed E-state index contributed by atoms with van der Waals surface area (Å²) in [6.45, 7) is 1.91. The van der Waals surface area contributed by atoms with Crippen molar-refractivity contribution in [3.05, 3.63) is 64.0 Å². The second-order valence-corrected chi connectivity index (χ2v) is 6.36. The Labute approximate surface area is 156 Å². The summed E-state index contributed by atoms with van der Waals surface area (Å²) in [5, 5.41) is 24.9. The molecule has 0 saturated heterocycles. The zero-order chi connectivity index (χ0) is 19.4. The molecule has 0 bridgehead atoms. The van der Waals surface area contributed by atoms with E-state index in [0.717, 1.165) is 41.2 Å². The maximum atomic E-state index is 13.8. The maximum Gasteiger partial charge on any atom is 0.271 e. The Kier molecular flexibility index (Phi) is 5.41. The summed E-state index contributed by atoms with van der Waals surface area (Å²) in [7, 11) is 0. The predicted molar refractivity (Wildman–Crippen MR) is 96.3 cm³/mol. The quantitative estimate of drug-likeness (QED) is 0.392. The van der Waals surface area contributed by atoms with E-state index in [1.165, 1.54) is 4.68 Å². The van der Waals surface area contributed by atoms with Crippen molar-refractivity contribution in [1.82, 2.24) is 20.2 Å². The number of carbonyl (C=O) groups excluding carboxylic acids is 1. The molecule has 1 heterocycles. The normalized spacial score (nSPS) is 10.6. The molecule has 0 atom stereocenters. The first-order chi connectivity index (χ1) is 13.0. The molecular weight excluding hydrogens is 375 g/mol. The molecule has 138 valence electrons. The number of nitrogens with one attached hydrogen (secondary N) is 1. The van der Waals surface area contributed by atoms with E-state index in [-0.39, 0.29) is 17.1 Å². The van der Waals surface area contributed by atoms with Crippen LogP contribution in [0.3, 0.4) is 0 Å². The number of aromatic nitrogens is 4. The standard InChI is InChI=1S/C16H13FN6O3S/c1-10-4-2-3-5-14(10)22-16(19-20-21-22)27-9-15(24)18-13-8-11(23(25)26)6-7-12(13)17/h2-8H,9H2,1H3,(H,18,24). The van der Waals surface area contributed by atoms with Crippen molar-refractivity contribution in [1.29, 1.82) is 0 Å². The molecule has 0 fully saturated rings. The molecule has 3 aromatic rings. The molecule has 0 aliphatic rings. The van der Waals surface area contributed by atoms with E-state index in [1.807, 2.05) is 31.2 Å². The van der Waals surface area contributed by atoms with Crippen LogP contribution in [0.5, 0.6) is 0 Å². The lowest BCUT2D eigenvalue weighted by Crippen LogP contribution is -2.16. The van der Waals surface area contributed by atoms with E-state index in [9.17, 15) is 19.3 Å². The van der Waals surface area contributed by atoms with Gasteiger partial charge in [0.2, 0.25) is 11.1 Å². The number of aryl methyl sites for hydroxylation is 1. The van der Waals surface area contributed by atoms with Crippen LogP contribution >= 0.6 is 11.8 Å². The number of hydrogen-bond acceptors (Lipinski definition) is 7. The molecule has 11 heteroatoms. The van der Waals surface area contributed by atoms with Crippen molar-refractivity contribution < 1.29 is 14.1 Å². The van der Waals surface area contributed by atoms with Gasteiger partial charge in [-0.15, -0.1) is 5.10 Å². The number of hydrogen-bond donors (Lipinski definition) is 1. The number of non-ortho nitro benzene ring substituents is 1. The highest BCUT2D eigenvalue weighted by molar-refractivity contribution is 7.99. The summed E-state index contributed by atoms with van der Waals surface area (Å²) in [5.74, 6) is -1.41. The Morgan fingerprint density at radius 2 is 2.11 bits per heavy atom. The van der Waals surface area contributed by atoms with Gasteiger partial charge in [0.1, 0.15) is 5.82 Å². The Morgan fingerprint density at radius 3 is 2.85 bits per heavy atom. The van der Waals surface area contributed by atoms with Crippen LogP contribution < -0.4 is 5.32 Å². The van der Waals surface area contributed by atoms with Gasteiger partial charge < -0.3 is 5.32 Å². The minimum Gasteiger partial charge on any atom is -0.323 e. The Balaban J connectivity index is 1.69. The fourth-order valence-corrected chi connectivity index (χ4v) is 2.94. The number of amides is 1. The Morgan fingerprint density at radius 1 is 1.33 bits per heavy atom. The zero-order valence-corrected chi connectivity index (χ0v) is 14.8. The molecule has 0 aliphatic heterocycles. The molecule has 1 aromatic heterocycles. The van der Waals surface area contributed by atoms with E-state index < -0.39 is 16.6 Å². The summed E-state index contributed by atoms with van der Waals surface area (Å²) in [6, 6.07) is 10.4. The molecule has 1 N–H and O–H groups in total. The molecule has 2 aromatic carbocycles. The van der Waals surface area contributed by atoms with Crippen molar-refractivity contribution in [2.24, 2.45) is 0 Å². The van der Waals surface area contributed by atoms with Crippen LogP contribution in [0.4, 0.5) is 15.8 Å². The second kappa shape index (κ2) is 7.91. The van der Waals surface area contributed by atoms with E-state index >= 15 is 0 Å². The number of anilines is 1. The van der Waals surface area contributed by atoms with Crippen molar-refractivity contribution in [2.45, 2.75) is 12.1 Å². The summed E-state index contributed by atoms with van der Waals surface area (Å²) in [4.78, 5) is 22.2. The number of thioether (sulfide) groups is 1. The molecule has 27 heavy (non-hydrogen) atoms. The lowest BCUT2D eigenvalue weighted by molar-refractivity contribution is -0.384. The van der Waals surface area contributed by atoms with Crippen molar-refractivity contribution in [3.63, 3.8) is 0 Å². The number of tetrazole rings is 1. The number of nitrogens with zero attached hydrogens (tertiary/aromatic N) is 5. The number of nitro benzene ring substituents is 1. The van der Waals surface area contributed by atoms with Crippen LogP contribution in [0.15, 0.2) is 47.6 Å². The molecule has 9 nitrogen and oxygen atoms in total. The largest absolute Gasteiger partial charge is 0.323 e. The van der Waals surface area contributed by atoms with Gasteiger partial charge in [-0.05, 0) is 35.0 Å². The van der Waals surface area contributed by atoms with E-state index in [0.29, 0.717) is 5.16 Å². The number of carbonyl (C=O) groups is 1. The number of halogens is 1. The third-order valence-corrected chi connectivity index (χ3v) is 4.47. The SMILES string of the molecule is Cc1ccccc1-n1nnnc1SCC(=O)Nc1cc([N+](=O)[O-])ccc1F. The minimum absolute atomic E-state index is 0.103. The first-order valence-electron chi connectivity index (χ1n) is 7.66. The second-order valence-electron chi connectivity index (χ2n) is 5.42. The fraction of sp³-hybridized carbons (Fsp3) is 0.125. The van der Waals surface area contributed by atoms with Gasteiger partial charge in [0, 0.05) is 12.1 Å². The van der Waals surface area contributed by atoms with Gasteiger partial charge in [-0.25, -0.2) is 4.39 Å². The van der Waals surface area contributed by atoms with Crippen molar-refractivity contribution in [2.75, 3.05) is 11.1 Å². The van der Waals surface area contributed by atoms with Crippen molar-refractivity contribution >= 4 is 29.0 Å². The van der Waals surface area contributed by atoms with Crippen LogP contribution in [-0.2, 0) is 4.79 Å². The zero-order valence-electron chi connectivity index (χ0n) is 14.0. The first kappa shape index (κ1) is 18.5. The van der Waals surface area contributed by atoms with Gasteiger partial charge in [0.25, 0.3) is 5.69 Å². The molecule has 1 amide bonds. The summed E-state index contributed by atoms with van der Waals surface area (Å²) in [6.07, 6.45) is 0. The molecule has 0 spiro atoms. The monoisotopic (exact) mass is 388 g/mol. The lowest BCUT2D eigenvalue weighted by Gasteiger charge is -2.08. The van der Waals surface area contributed by atoms with Gasteiger partial charge in [0.05, 0.1) is 22.1 Å². The predicted octanol–water partition coefficient (Wildman–Crippen LogP) is 2.75. The van der Waals surface area contributed by atoms with Crippen LogP contribution in [0.2, 0.25) is 0 Å². The molecule has 0 unspecified atom stereocenters. The Hall–Kier alpha value is -3.34. The third-order valence-electron chi connectivity index (χ3n) is 3.55. The lowest BCUT2D eigenvalue weighted by atomic mass is 10.2. The number of nitro groups is 1. The first-order valence-corrected chi connectivity index (χ1v) is 8.65. The Bertz CT molecular complexity index is 1010. The van der Waals surface area contributed by atoms with Gasteiger partial charge in [-0.1, -0.05) is 30.0 Å². The average molecular weight is 388 g/mol. The average Bonchev–Trinajstić information content (AvgIpc) is 3.10. The van der Waals surface area contributed by atoms with Gasteiger partial charge in [0.15, 0.2) is 0 Å². The van der Waals surface area contributed by atoms with Crippen molar-refractivity contribution in [3.8, 4) is 5.69 Å². The number of benzene rings is 2. The van der Waals surface area contributed by atoms with E-state index in [2.05, 4.69) is 20.8 Å². The third kappa shape index (κ3) is 4.26. The minimum atomic E-state index is -0.760. The maximum absolute atomic E-state index is 13.8. The number of rotatable bonds is 6. The van der Waals surface area contributed by atoms with Gasteiger partial charge >= 0.3 is 0 Å².